The van der Waals surface area contributed by atoms with E-state index < -0.39 is 36.2 Å². The number of carboxylic acid groups (broad SMARTS) is 1. The summed E-state index contributed by atoms with van der Waals surface area (Å²) in [5, 5.41) is 23.7. The van der Waals surface area contributed by atoms with Gasteiger partial charge in [0.05, 0.1) is 6.54 Å². The molecule has 8 nitrogen and oxygen atoms in total. The second-order valence-corrected chi connectivity index (χ2v) is 9.30. The molecule has 0 bridgehead atoms. The molecule has 1 fully saturated rings. The molecule has 3 atom stereocenters. The van der Waals surface area contributed by atoms with Crippen LogP contribution in [0.15, 0.2) is 48.5 Å². The molecular weight excluding hydrogens is 436 g/mol. The van der Waals surface area contributed by atoms with Crippen LogP contribution in [0.3, 0.4) is 0 Å². The van der Waals surface area contributed by atoms with E-state index in [2.05, 4.69) is 22.8 Å². The molecule has 1 saturated carbocycles. The molecule has 2 amide bonds. The van der Waals surface area contributed by atoms with E-state index >= 15 is 0 Å². The smallest absolute Gasteiger partial charge is 0.408 e. The molecule has 0 radical (unpaired) electrons. The van der Waals surface area contributed by atoms with E-state index in [1.165, 1.54) is 0 Å². The average molecular weight is 467 g/mol. The van der Waals surface area contributed by atoms with Crippen molar-refractivity contribution in [3.05, 3.63) is 59.7 Å². The number of hydrogen-bond acceptors (Lipinski definition) is 5. The largest absolute Gasteiger partial charge is 0.479 e. The number of carboxylic acids is 1. The van der Waals surface area contributed by atoms with E-state index in [1.807, 2.05) is 43.3 Å². The number of rotatable bonds is 7. The van der Waals surface area contributed by atoms with Crippen LogP contribution in [0.1, 0.15) is 49.7 Å². The van der Waals surface area contributed by atoms with Gasteiger partial charge in [0.15, 0.2) is 6.10 Å². The maximum Gasteiger partial charge on any atom is 0.408 e. The topological polar surface area (TPSA) is 125 Å². The molecule has 2 aliphatic carbocycles. The summed E-state index contributed by atoms with van der Waals surface area (Å²) in [6.07, 6.45) is 0.0862. The molecule has 0 aliphatic heterocycles. The van der Waals surface area contributed by atoms with E-state index in [1.54, 1.807) is 0 Å². The van der Waals surface area contributed by atoms with Gasteiger partial charge in [0.25, 0.3) is 0 Å². The monoisotopic (exact) mass is 466 g/mol. The third-order valence-corrected chi connectivity index (χ3v) is 6.86. The number of aliphatic hydroxyl groups excluding tert-OH is 1. The second kappa shape index (κ2) is 9.85. The highest BCUT2D eigenvalue weighted by atomic mass is 16.5. The highest BCUT2D eigenvalue weighted by Gasteiger charge is 2.44. The molecule has 0 aromatic heterocycles. The van der Waals surface area contributed by atoms with Gasteiger partial charge in [0.1, 0.15) is 12.1 Å². The summed E-state index contributed by atoms with van der Waals surface area (Å²) in [5.74, 6) is -1.83. The Morgan fingerprint density at radius 2 is 1.71 bits per heavy atom. The van der Waals surface area contributed by atoms with Crippen molar-refractivity contribution < 1.29 is 29.3 Å². The molecule has 2 aromatic rings. The number of fused-ring (bicyclic) bond motifs is 3. The van der Waals surface area contributed by atoms with Crippen molar-refractivity contribution in [2.45, 2.75) is 50.2 Å². The summed E-state index contributed by atoms with van der Waals surface area (Å²) in [7, 11) is 0. The van der Waals surface area contributed by atoms with Crippen molar-refractivity contribution in [2.24, 2.45) is 5.92 Å². The van der Waals surface area contributed by atoms with Crippen molar-refractivity contribution in [2.75, 3.05) is 13.2 Å². The number of hydrogen-bond donors (Lipinski definition) is 4. The van der Waals surface area contributed by atoms with Gasteiger partial charge in [-0.05, 0) is 41.0 Å². The minimum absolute atomic E-state index is 0.0982. The molecule has 2 aliphatic rings. The van der Waals surface area contributed by atoms with Gasteiger partial charge in [-0.15, -0.1) is 0 Å². The Balaban J connectivity index is 1.45. The van der Waals surface area contributed by atoms with Gasteiger partial charge < -0.3 is 25.6 Å². The molecule has 34 heavy (non-hydrogen) atoms. The Kier molecular flexibility index (Phi) is 6.88. The maximum absolute atomic E-state index is 13.0. The first-order chi connectivity index (χ1) is 16.3. The molecule has 2 unspecified atom stereocenters. The van der Waals surface area contributed by atoms with Crippen LogP contribution in [0, 0.1) is 5.92 Å². The van der Waals surface area contributed by atoms with E-state index in [0.717, 1.165) is 35.1 Å². The highest BCUT2D eigenvalue weighted by Crippen LogP contribution is 2.44. The molecule has 0 heterocycles. The third kappa shape index (κ3) is 4.77. The maximum atomic E-state index is 13.0. The van der Waals surface area contributed by atoms with Crippen molar-refractivity contribution in [1.82, 2.24) is 10.6 Å². The molecule has 180 valence electrons. The van der Waals surface area contributed by atoms with Crippen LogP contribution >= 0.6 is 0 Å². The fraction of sp³-hybridized carbons (Fsp3) is 0.423. The minimum Gasteiger partial charge on any atom is -0.479 e. The zero-order chi connectivity index (χ0) is 24.3. The van der Waals surface area contributed by atoms with Gasteiger partial charge in [-0.3, -0.25) is 4.79 Å². The fourth-order valence-corrected chi connectivity index (χ4v) is 5.20. The predicted molar refractivity (Wildman–Crippen MR) is 125 cm³/mol. The first kappa shape index (κ1) is 23.8. The minimum atomic E-state index is -1.71. The number of amides is 2. The number of carbonyl (C=O) groups is 3. The molecule has 4 rings (SSSR count). The van der Waals surface area contributed by atoms with E-state index in [9.17, 15) is 19.5 Å². The lowest BCUT2D eigenvalue weighted by atomic mass is 9.75. The number of alkyl carbamates (subject to hydrolysis) is 1. The van der Waals surface area contributed by atoms with Crippen LogP contribution in [0.25, 0.3) is 11.1 Å². The lowest BCUT2D eigenvalue weighted by Crippen LogP contribution is -2.61. The van der Waals surface area contributed by atoms with Crippen LogP contribution in [-0.2, 0) is 14.3 Å². The zero-order valence-corrected chi connectivity index (χ0v) is 19.1. The first-order valence-corrected chi connectivity index (χ1v) is 11.6. The summed E-state index contributed by atoms with van der Waals surface area (Å²) in [5.41, 5.74) is 3.23. The molecule has 0 saturated heterocycles. The van der Waals surface area contributed by atoms with Crippen molar-refractivity contribution >= 4 is 18.0 Å². The number of nitrogens with one attached hydrogen (secondary N) is 2. The summed E-state index contributed by atoms with van der Waals surface area (Å²) >= 11 is 0. The summed E-state index contributed by atoms with van der Waals surface area (Å²) in [4.78, 5) is 36.8. The number of aliphatic hydroxyl groups is 1. The quantitative estimate of drug-likeness (QED) is 0.497. The predicted octanol–water partition coefficient (Wildman–Crippen LogP) is 3.04. The van der Waals surface area contributed by atoms with E-state index in [-0.39, 0.29) is 18.4 Å². The Labute approximate surface area is 198 Å². The van der Waals surface area contributed by atoms with Gasteiger partial charge in [-0.25, -0.2) is 9.59 Å². The van der Waals surface area contributed by atoms with Crippen LogP contribution < -0.4 is 10.6 Å². The average Bonchev–Trinajstić information content (AvgIpc) is 3.14. The van der Waals surface area contributed by atoms with Gasteiger partial charge in [-0.2, -0.15) is 0 Å². The summed E-state index contributed by atoms with van der Waals surface area (Å²) in [6, 6.07) is 16.1. The third-order valence-electron chi connectivity index (χ3n) is 6.86. The van der Waals surface area contributed by atoms with Crippen LogP contribution in [0.2, 0.25) is 0 Å². The number of ether oxygens (including phenoxy) is 1. The van der Waals surface area contributed by atoms with Gasteiger partial charge >= 0.3 is 12.1 Å². The highest BCUT2D eigenvalue weighted by molar-refractivity contribution is 5.90. The number of aliphatic carboxylic acids is 1. The summed E-state index contributed by atoms with van der Waals surface area (Å²) < 4.78 is 5.64. The number of carbonyl (C=O) groups excluding carboxylic acids is 2. The van der Waals surface area contributed by atoms with Crippen LogP contribution in [0.5, 0.6) is 0 Å². The molecular formula is C26H30N2O6. The van der Waals surface area contributed by atoms with E-state index in [0.29, 0.717) is 12.8 Å². The second-order valence-electron chi connectivity index (χ2n) is 9.30. The van der Waals surface area contributed by atoms with Crippen LogP contribution in [-0.4, -0.2) is 53.0 Å². The van der Waals surface area contributed by atoms with Crippen molar-refractivity contribution in [3.63, 3.8) is 0 Å². The molecule has 2 aromatic carbocycles. The van der Waals surface area contributed by atoms with Gasteiger partial charge in [-0.1, -0.05) is 68.3 Å². The lowest BCUT2D eigenvalue weighted by molar-refractivity contribution is -0.146. The lowest BCUT2D eigenvalue weighted by Gasteiger charge is -2.39. The fourth-order valence-electron chi connectivity index (χ4n) is 5.20. The SMILES string of the molecule is CC1CCCC(NC(=O)OCC2c3ccccc3-c3ccccc32)(C(=O)NC[C@H](O)C(=O)O)C1. The Morgan fingerprint density at radius 1 is 1.09 bits per heavy atom. The Morgan fingerprint density at radius 3 is 2.29 bits per heavy atom. The van der Waals surface area contributed by atoms with Gasteiger partial charge in [0, 0.05) is 5.92 Å². The molecule has 0 spiro atoms. The molecule has 4 N–H and O–H groups in total. The zero-order valence-electron chi connectivity index (χ0n) is 19.1. The standard InChI is InChI=1S/C26H30N2O6/c1-16-7-6-12-26(13-16,24(32)27-14-22(29)23(30)31)28-25(33)34-15-21-19-10-4-2-8-17(19)18-9-3-5-11-20(18)21/h2-5,8-11,16,21-22,29H,6-7,12-15H2,1H3,(H,27,32)(H,28,33)(H,30,31)/t16?,22-,26?/m0/s1. The van der Waals surface area contributed by atoms with Gasteiger partial charge in [0.2, 0.25) is 5.91 Å². The summed E-state index contributed by atoms with van der Waals surface area (Å²) in [6.45, 7) is 1.70. The Hall–Kier alpha value is -3.39. The first-order valence-electron chi connectivity index (χ1n) is 11.6. The van der Waals surface area contributed by atoms with Crippen molar-refractivity contribution in [3.8, 4) is 11.1 Å². The van der Waals surface area contributed by atoms with E-state index in [4.69, 9.17) is 9.84 Å². The number of benzene rings is 2. The van der Waals surface area contributed by atoms with Crippen LogP contribution in [0.4, 0.5) is 4.79 Å². The molecule has 8 heteroatoms. The Bertz CT molecular complexity index is 1040. The normalized spacial score (nSPS) is 22.2. The van der Waals surface area contributed by atoms with Crippen molar-refractivity contribution in [1.29, 1.82) is 0 Å².